The maximum Gasteiger partial charge on any atom is 0.137 e. The van der Waals surface area contributed by atoms with Gasteiger partial charge in [-0.25, -0.2) is 0 Å². The molecule has 3 heteroatoms. The molecule has 4 aliphatic heterocycles. The first kappa shape index (κ1) is 13.0. The predicted octanol–water partition coefficient (Wildman–Crippen LogP) is 0.784. The molecule has 5 heterocycles. The predicted molar refractivity (Wildman–Crippen MR) is 90.4 cm³/mol. The van der Waals surface area contributed by atoms with Crippen molar-refractivity contribution in [2.75, 3.05) is 13.1 Å². The number of fused-ring (bicyclic) bond motifs is 4. The summed E-state index contributed by atoms with van der Waals surface area (Å²) in [5.41, 5.74) is 4.62. The number of piperidine rings is 3. The molecule has 120 valence electrons. The quantitative estimate of drug-likeness (QED) is 0.643. The zero-order valence-electron chi connectivity index (χ0n) is 13.7. The Morgan fingerprint density at radius 3 is 3.04 bits per heavy atom. The fraction of sp³-hybridized carbons (Fsp3) is 0.600. The van der Waals surface area contributed by atoms with Gasteiger partial charge in [-0.2, -0.15) is 0 Å². The first-order chi connectivity index (χ1) is 11.4. The maximum atomic E-state index is 3.86. The molecule has 1 saturated carbocycles. The number of benzene rings is 1. The van der Waals surface area contributed by atoms with Crippen molar-refractivity contribution in [2.45, 2.75) is 50.2 Å². The van der Waals surface area contributed by atoms with E-state index in [1.54, 1.807) is 11.3 Å². The Labute approximate surface area is 137 Å². The molecule has 0 amide bonds. The molecule has 1 aromatic heterocycles. The van der Waals surface area contributed by atoms with Crippen molar-refractivity contribution in [2.24, 2.45) is 11.8 Å². The van der Waals surface area contributed by atoms with Crippen molar-refractivity contribution in [1.82, 2.24) is 4.98 Å². The first-order valence-electron chi connectivity index (χ1n) is 9.70. The van der Waals surface area contributed by atoms with E-state index >= 15 is 0 Å². The number of aromatic nitrogens is 1. The van der Waals surface area contributed by atoms with Gasteiger partial charge in [0.15, 0.2) is 0 Å². The minimum Gasteiger partial charge on any atom is -0.353 e. The fourth-order valence-electron chi connectivity index (χ4n) is 6.89. The van der Waals surface area contributed by atoms with Crippen molar-refractivity contribution in [1.29, 1.82) is 0 Å². The molecule has 0 radical (unpaired) electrons. The van der Waals surface area contributed by atoms with Crippen LogP contribution in [0.15, 0.2) is 24.3 Å². The minimum absolute atomic E-state index is 0.750. The second kappa shape index (κ2) is 4.61. The molecule has 6 unspecified atom stereocenters. The van der Waals surface area contributed by atoms with E-state index in [1.165, 1.54) is 56.1 Å². The number of hydrogen-bond donors (Lipinski definition) is 3. The number of aromatic amines is 1. The maximum absolute atomic E-state index is 3.86. The molecule has 6 atom stereocenters. The zero-order valence-corrected chi connectivity index (χ0v) is 13.7. The van der Waals surface area contributed by atoms with Gasteiger partial charge in [-0.05, 0) is 30.9 Å². The van der Waals surface area contributed by atoms with E-state index in [4.69, 9.17) is 0 Å². The van der Waals surface area contributed by atoms with Crippen molar-refractivity contribution in [3.8, 4) is 0 Å². The van der Waals surface area contributed by atoms with Crippen LogP contribution in [0.1, 0.15) is 43.0 Å². The number of hydrogen-bond acceptors (Lipinski definition) is 0. The lowest BCUT2D eigenvalue weighted by Crippen LogP contribution is -3.23. The Kier molecular flexibility index (Phi) is 2.61. The van der Waals surface area contributed by atoms with Gasteiger partial charge in [-0.15, -0.1) is 0 Å². The molecule has 0 spiro atoms. The number of rotatable bonds is 0. The average molecular weight is 309 g/mol. The Balaban J connectivity index is 1.50. The molecule has 3 saturated heterocycles. The van der Waals surface area contributed by atoms with Gasteiger partial charge in [0, 0.05) is 23.7 Å². The number of H-pyrrole nitrogens is 1. The van der Waals surface area contributed by atoms with E-state index in [0.29, 0.717) is 0 Å². The third-order valence-electron chi connectivity index (χ3n) is 7.62. The number of para-hydroxylation sites is 1. The summed E-state index contributed by atoms with van der Waals surface area (Å²) in [5.74, 6) is 1.90. The van der Waals surface area contributed by atoms with E-state index in [0.717, 1.165) is 30.0 Å². The van der Waals surface area contributed by atoms with Crippen LogP contribution in [-0.2, 0) is 6.42 Å². The van der Waals surface area contributed by atoms with Crippen molar-refractivity contribution >= 4 is 10.9 Å². The van der Waals surface area contributed by atoms with Crippen LogP contribution in [0, 0.1) is 11.8 Å². The molecule has 5 aliphatic rings. The van der Waals surface area contributed by atoms with Crippen LogP contribution in [0.4, 0.5) is 0 Å². The molecule has 1 aromatic carbocycles. The minimum atomic E-state index is 0.750. The van der Waals surface area contributed by atoms with Crippen molar-refractivity contribution in [3.63, 3.8) is 0 Å². The van der Waals surface area contributed by atoms with E-state index in [-0.39, 0.29) is 0 Å². The summed E-state index contributed by atoms with van der Waals surface area (Å²) in [7, 11) is 0. The topological polar surface area (TPSA) is 36.8 Å². The summed E-state index contributed by atoms with van der Waals surface area (Å²) >= 11 is 0. The fourth-order valence-corrected chi connectivity index (χ4v) is 6.89. The Morgan fingerprint density at radius 1 is 1.09 bits per heavy atom. The number of nitrogens with one attached hydrogen (secondary N) is 2. The zero-order chi connectivity index (χ0) is 15.0. The third-order valence-corrected chi connectivity index (χ3v) is 7.62. The summed E-state index contributed by atoms with van der Waals surface area (Å²) in [6.45, 7) is 2.73. The van der Waals surface area contributed by atoms with Crippen LogP contribution in [0.25, 0.3) is 10.9 Å². The highest BCUT2D eigenvalue weighted by Gasteiger charge is 2.60. The second-order valence-corrected chi connectivity index (χ2v) is 8.37. The lowest BCUT2D eigenvalue weighted by atomic mass is 9.61. The summed E-state index contributed by atoms with van der Waals surface area (Å²) < 4.78 is 0. The lowest BCUT2D eigenvalue weighted by molar-refractivity contribution is -0.989. The van der Waals surface area contributed by atoms with E-state index in [2.05, 4.69) is 34.6 Å². The molecule has 23 heavy (non-hydrogen) atoms. The third kappa shape index (κ3) is 1.62. The SMILES string of the molecule is c1ccc2c3c([nH]c2c1)C1C2CCC(C4CCC[NH2+]C42)[NH+]1CC3. The lowest BCUT2D eigenvalue weighted by Gasteiger charge is -2.56. The van der Waals surface area contributed by atoms with E-state index in [1.807, 2.05) is 4.90 Å². The summed E-state index contributed by atoms with van der Waals surface area (Å²) in [5, 5.41) is 4.21. The van der Waals surface area contributed by atoms with Gasteiger partial charge in [-0.1, -0.05) is 18.2 Å². The van der Waals surface area contributed by atoms with Gasteiger partial charge in [0.2, 0.25) is 0 Å². The number of quaternary nitrogens is 2. The molecular formula is C20H27N3+2. The van der Waals surface area contributed by atoms with Crippen molar-refractivity contribution in [3.05, 3.63) is 35.5 Å². The monoisotopic (exact) mass is 309 g/mol. The normalized spacial score (nSPS) is 41.4. The first-order valence-corrected chi connectivity index (χ1v) is 9.70. The van der Waals surface area contributed by atoms with Crippen LogP contribution < -0.4 is 10.2 Å². The van der Waals surface area contributed by atoms with Crippen LogP contribution in [-0.4, -0.2) is 30.2 Å². The van der Waals surface area contributed by atoms with Gasteiger partial charge in [-0.3, -0.25) is 0 Å². The summed E-state index contributed by atoms with van der Waals surface area (Å²) in [6.07, 6.45) is 7.17. The van der Waals surface area contributed by atoms with Gasteiger partial charge in [0.1, 0.15) is 12.1 Å². The van der Waals surface area contributed by atoms with Gasteiger partial charge >= 0.3 is 0 Å². The van der Waals surface area contributed by atoms with Crippen LogP contribution in [0.2, 0.25) is 0 Å². The van der Waals surface area contributed by atoms with Crippen LogP contribution in [0.3, 0.4) is 0 Å². The molecule has 3 nitrogen and oxygen atoms in total. The highest BCUT2D eigenvalue weighted by molar-refractivity contribution is 5.85. The molecular weight excluding hydrogens is 282 g/mol. The molecule has 2 aromatic rings. The molecule has 4 N–H and O–H groups in total. The molecule has 2 bridgehead atoms. The van der Waals surface area contributed by atoms with Gasteiger partial charge in [0.25, 0.3) is 0 Å². The molecule has 7 rings (SSSR count). The highest BCUT2D eigenvalue weighted by atomic mass is 15.3. The van der Waals surface area contributed by atoms with Crippen LogP contribution >= 0.6 is 0 Å². The van der Waals surface area contributed by atoms with Gasteiger partial charge < -0.3 is 15.2 Å². The standard InChI is InChI=1S/C20H25N3/c1-2-6-16-12(4-1)13-9-11-23-17-8-7-15(20(23)19(13)22-16)18-14(17)5-3-10-21-18/h1-2,4,6,14-15,17-18,20-22H,3,5,7-11H2/p+2. The molecule has 1 aliphatic carbocycles. The van der Waals surface area contributed by atoms with Crippen molar-refractivity contribution < 1.29 is 10.2 Å². The van der Waals surface area contributed by atoms with E-state index < -0.39 is 0 Å². The van der Waals surface area contributed by atoms with Crippen LogP contribution in [0.5, 0.6) is 0 Å². The smallest absolute Gasteiger partial charge is 0.137 e. The Morgan fingerprint density at radius 2 is 2.04 bits per heavy atom. The largest absolute Gasteiger partial charge is 0.353 e. The summed E-state index contributed by atoms with van der Waals surface area (Å²) in [6, 6.07) is 11.6. The summed E-state index contributed by atoms with van der Waals surface area (Å²) in [4.78, 5) is 5.80. The Bertz CT molecular complexity index is 763. The average Bonchev–Trinajstić information content (AvgIpc) is 3.01. The highest BCUT2D eigenvalue weighted by Crippen LogP contribution is 2.44. The second-order valence-electron chi connectivity index (χ2n) is 8.37. The van der Waals surface area contributed by atoms with E-state index in [9.17, 15) is 0 Å². The van der Waals surface area contributed by atoms with Gasteiger partial charge in [0.05, 0.1) is 36.7 Å². The Hall–Kier alpha value is -1.32. The molecule has 4 fully saturated rings. The number of nitrogens with two attached hydrogens (primary N) is 1.